The van der Waals surface area contributed by atoms with E-state index in [1.807, 2.05) is 85.8 Å². The number of para-hydroxylation sites is 1. The molecule has 0 saturated heterocycles. The highest BCUT2D eigenvalue weighted by Crippen LogP contribution is 2.26. The summed E-state index contributed by atoms with van der Waals surface area (Å²) in [5.41, 5.74) is 4.11. The molecule has 1 atom stereocenters. The quantitative estimate of drug-likeness (QED) is 0.471. The molecule has 0 fully saturated rings. The number of rotatable bonds is 10. The van der Waals surface area contributed by atoms with Gasteiger partial charge in [-0.3, -0.25) is 9.59 Å². The van der Waals surface area contributed by atoms with E-state index in [1.165, 1.54) is 0 Å². The molecule has 178 valence electrons. The van der Waals surface area contributed by atoms with Crippen molar-refractivity contribution >= 4 is 11.8 Å². The normalized spacial score (nSPS) is 11.7. The van der Waals surface area contributed by atoms with Crippen LogP contribution in [-0.2, 0) is 22.6 Å². The van der Waals surface area contributed by atoms with Crippen molar-refractivity contribution in [1.82, 2.24) is 10.2 Å². The van der Waals surface area contributed by atoms with Gasteiger partial charge in [-0.05, 0) is 35.6 Å². The molecule has 0 bridgehead atoms. The summed E-state index contributed by atoms with van der Waals surface area (Å²) in [6, 6.07) is 24.9. The number of nitrogens with zero attached hydrogens (tertiary/aromatic N) is 1. The second-order valence-corrected chi connectivity index (χ2v) is 8.81. The van der Waals surface area contributed by atoms with E-state index in [9.17, 15) is 9.59 Å². The van der Waals surface area contributed by atoms with Crippen molar-refractivity contribution in [3.8, 4) is 5.75 Å². The van der Waals surface area contributed by atoms with E-state index >= 15 is 0 Å². The average molecular weight is 459 g/mol. The van der Waals surface area contributed by atoms with Gasteiger partial charge in [0, 0.05) is 20.0 Å². The number of carbonyl (C=O) groups excluding carboxylic acids is 2. The molecule has 0 saturated carbocycles. The second kappa shape index (κ2) is 12.0. The van der Waals surface area contributed by atoms with Crippen LogP contribution in [0.15, 0.2) is 78.9 Å². The van der Waals surface area contributed by atoms with Gasteiger partial charge >= 0.3 is 0 Å². The Kier molecular flexibility index (Phi) is 8.86. The summed E-state index contributed by atoms with van der Waals surface area (Å²) in [5, 5.41) is 2.74. The molecule has 5 nitrogen and oxygen atoms in total. The van der Waals surface area contributed by atoms with Crippen LogP contribution in [0.2, 0.25) is 0 Å². The number of benzene rings is 3. The smallest absolute Gasteiger partial charge is 0.261 e. The minimum absolute atomic E-state index is 0.141. The average Bonchev–Trinajstić information content (AvgIpc) is 2.85. The van der Waals surface area contributed by atoms with Crippen molar-refractivity contribution in [2.75, 3.05) is 13.7 Å². The van der Waals surface area contributed by atoms with Crippen LogP contribution in [0.1, 0.15) is 42.0 Å². The van der Waals surface area contributed by atoms with Gasteiger partial charge < -0.3 is 15.0 Å². The molecule has 0 radical (unpaired) electrons. The number of aryl methyl sites for hydroxylation is 1. The number of nitrogens with one attached hydrogen (secondary N) is 1. The Morgan fingerprint density at radius 1 is 0.912 bits per heavy atom. The maximum atomic E-state index is 13.6. The Morgan fingerprint density at radius 3 is 2.26 bits per heavy atom. The molecule has 0 aromatic heterocycles. The van der Waals surface area contributed by atoms with Gasteiger partial charge in [-0.1, -0.05) is 92.2 Å². The van der Waals surface area contributed by atoms with Gasteiger partial charge in [0.1, 0.15) is 11.8 Å². The Balaban J connectivity index is 1.89. The monoisotopic (exact) mass is 458 g/mol. The molecular formula is C29H34N2O3. The Morgan fingerprint density at radius 2 is 1.59 bits per heavy atom. The molecule has 3 rings (SSSR count). The molecule has 0 spiro atoms. The lowest BCUT2D eigenvalue weighted by Crippen LogP contribution is -2.51. The maximum absolute atomic E-state index is 13.6. The first-order valence-corrected chi connectivity index (χ1v) is 11.7. The first-order chi connectivity index (χ1) is 16.4. The van der Waals surface area contributed by atoms with Gasteiger partial charge in [-0.2, -0.15) is 0 Å². The molecule has 0 aliphatic carbocycles. The van der Waals surface area contributed by atoms with E-state index in [0.29, 0.717) is 18.7 Å². The molecule has 0 unspecified atom stereocenters. The Bertz CT molecular complexity index is 1100. The number of amides is 2. The van der Waals surface area contributed by atoms with Gasteiger partial charge in [0.25, 0.3) is 5.91 Å². The van der Waals surface area contributed by atoms with Gasteiger partial charge in [0.2, 0.25) is 5.91 Å². The maximum Gasteiger partial charge on any atom is 0.261 e. The lowest BCUT2D eigenvalue weighted by molar-refractivity contribution is -0.142. The second-order valence-electron chi connectivity index (χ2n) is 8.81. The number of likely N-dealkylation sites (N-methyl/N-ethyl adjacent to an activating group) is 1. The van der Waals surface area contributed by atoms with Crippen LogP contribution >= 0.6 is 0 Å². The molecule has 3 aromatic carbocycles. The third kappa shape index (κ3) is 6.70. The number of ether oxygens (including phenoxy) is 1. The van der Waals surface area contributed by atoms with Crippen LogP contribution in [0, 0.1) is 6.92 Å². The molecule has 3 aromatic rings. The zero-order valence-electron chi connectivity index (χ0n) is 20.5. The van der Waals surface area contributed by atoms with Gasteiger partial charge in [0.15, 0.2) is 6.61 Å². The molecule has 0 aliphatic heterocycles. The first-order valence-electron chi connectivity index (χ1n) is 11.7. The van der Waals surface area contributed by atoms with E-state index in [1.54, 1.807) is 11.9 Å². The van der Waals surface area contributed by atoms with Crippen molar-refractivity contribution < 1.29 is 14.3 Å². The molecule has 2 amide bonds. The third-order valence-corrected chi connectivity index (χ3v) is 5.85. The summed E-state index contributed by atoms with van der Waals surface area (Å²) >= 11 is 0. The van der Waals surface area contributed by atoms with E-state index in [-0.39, 0.29) is 24.3 Å². The molecular weight excluding hydrogens is 424 g/mol. The topological polar surface area (TPSA) is 58.6 Å². The predicted octanol–water partition coefficient (Wildman–Crippen LogP) is 4.88. The highest BCUT2D eigenvalue weighted by atomic mass is 16.5. The predicted molar refractivity (Wildman–Crippen MR) is 136 cm³/mol. The largest absolute Gasteiger partial charge is 0.483 e. The summed E-state index contributed by atoms with van der Waals surface area (Å²) in [5.74, 6) is 0.532. The minimum atomic E-state index is -0.663. The summed E-state index contributed by atoms with van der Waals surface area (Å²) in [4.78, 5) is 28.2. The SMILES string of the molecule is CNC(=O)[C@@H](Cc1ccccc1)N(Cc1cccc(C)c1)C(=O)COc1ccccc1C(C)C. The van der Waals surface area contributed by atoms with Crippen LogP contribution in [0.5, 0.6) is 5.75 Å². The van der Waals surface area contributed by atoms with Gasteiger partial charge in [0.05, 0.1) is 0 Å². The molecule has 1 N–H and O–H groups in total. The number of carbonyl (C=O) groups is 2. The zero-order valence-corrected chi connectivity index (χ0v) is 20.5. The fourth-order valence-corrected chi connectivity index (χ4v) is 4.04. The van der Waals surface area contributed by atoms with E-state index in [2.05, 4.69) is 19.2 Å². The summed E-state index contributed by atoms with van der Waals surface area (Å²) in [6.45, 7) is 6.38. The molecule has 34 heavy (non-hydrogen) atoms. The lowest BCUT2D eigenvalue weighted by atomic mass is 10.0. The summed E-state index contributed by atoms with van der Waals surface area (Å²) in [6.07, 6.45) is 0.417. The lowest BCUT2D eigenvalue weighted by Gasteiger charge is -2.31. The highest BCUT2D eigenvalue weighted by Gasteiger charge is 2.30. The van der Waals surface area contributed by atoms with E-state index < -0.39 is 6.04 Å². The van der Waals surface area contributed by atoms with Crippen LogP contribution in [0.4, 0.5) is 0 Å². The van der Waals surface area contributed by atoms with E-state index in [0.717, 1.165) is 22.3 Å². The molecule has 5 heteroatoms. The summed E-state index contributed by atoms with van der Waals surface area (Å²) in [7, 11) is 1.60. The highest BCUT2D eigenvalue weighted by molar-refractivity contribution is 5.88. The number of hydrogen-bond acceptors (Lipinski definition) is 3. The van der Waals surface area contributed by atoms with Gasteiger partial charge in [-0.15, -0.1) is 0 Å². The van der Waals surface area contributed by atoms with Crippen LogP contribution in [-0.4, -0.2) is 36.4 Å². The van der Waals surface area contributed by atoms with Crippen molar-refractivity contribution in [2.45, 2.75) is 45.7 Å². The fourth-order valence-electron chi connectivity index (χ4n) is 4.04. The van der Waals surface area contributed by atoms with Crippen molar-refractivity contribution in [3.05, 3.63) is 101 Å². The molecule has 0 aliphatic rings. The van der Waals surface area contributed by atoms with Crippen LogP contribution in [0.3, 0.4) is 0 Å². The third-order valence-electron chi connectivity index (χ3n) is 5.85. The standard InChI is InChI=1S/C29H34N2O3/c1-21(2)25-15-8-9-16-27(25)34-20-28(32)31(19-24-14-10-11-22(3)17-24)26(29(33)30-4)18-23-12-6-5-7-13-23/h5-17,21,26H,18-20H2,1-4H3,(H,30,33)/t26-/m1/s1. The number of hydrogen-bond donors (Lipinski definition) is 1. The summed E-state index contributed by atoms with van der Waals surface area (Å²) < 4.78 is 5.99. The molecule has 0 heterocycles. The minimum Gasteiger partial charge on any atom is -0.483 e. The van der Waals surface area contributed by atoms with Crippen molar-refractivity contribution in [3.63, 3.8) is 0 Å². The Labute approximate surface area is 202 Å². The van der Waals surface area contributed by atoms with Crippen LogP contribution in [0.25, 0.3) is 0 Å². The van der Waals surface area contributed by atoms with Crippen LogP contribution < -0.4 is 10.1 Å². The van der Waals surface area contributed by atoms with Crippen molar-refractivity contribution in [1.29, 1.82) is 0 Å². The van der Waals surface area contributed by atoms with E-state index in [4.69, 9.17) is 4.74 Å². The fraction of sp³-hybridized carbons (Fsp3) is 0.310. The Hall–Kier alpha value is -3.60. The zero-order chi connectivity index (χ0) is 24.5. The van der Waals surface area contributed by atoms with Gasteiger partial charge in [-0.25, -0.2) is 0 Å². The van der Waals surface area contributed by atoms with Crippen molar-refractivity contribution in [2.24, 2.45) is 0 Å². The first kappa shape index (κ1) is 25.0.